The highest BCUT2D eigenvalue weighted by molar-refractivity contribution is 7.92. The maximum atomic E-state index is 13.0. The molecule has 0 aliphatic heterocycles. The molecule has 0 heterocycles. The van der Waals surface area contributed by atoms with E-state index in [0.29, 0.717) is 6.07 Å². The average molecular weight is 374 g/mol. The van der Waals surface area contributed by atoms with Gasteiger partial charge >= 0.3 is 10.2 Å². The van der Waals surface area contributed by atoms with Crippen molar-refractivity contribution in [2.45, 2.75) is 9.79 Å². The van der Waals surface area contributed by atoms with Crippen LogP contribution in [0.3, 0.4) is 0 Å². The SMILES string of the molecule is CN(c1ccc([N+](=O)[O-])cc1)S(=O)(=O)c1cccc(S(=O)(=O)F)c1. The van der Waals surface area contributed by atoms with Crippen molar-refractivity contribution in [2.75, 3.05) is 11.4 Å². The maximum Gasteiger partial charge on any atom is 0.332 e. The lowest BCUT2D eigenvalue weighted by molar-refractivity contribution is -0.384. The highest BCUT2D eigenvalue weighted by Crippen LogP contribution is 2.25. The normalized spacial score (nSPS) is 11.9. The van der Waals surface area contributed by atoms with Crippen LogP contribution in [0.2, 0.25) is 0 Å². The van der Waals surface area contributed by atoms with Crippen LogP contribution >= 0.6 is 0 Å². The van der Waals surface area contributed by atoms with E-state index in [2.05, 4.69) is 0 Å². The number of nitro groups is 1. The Hall–Kier alpha value is -2.53. The molecule has 0 atom stereocenters. The lowest BCUT2D eigenvalue weighted by Crippen LogP contribution is -2.26. The van der Waals surface area contributed by atoms with Crippen molar-refractivity contribution in [1.82, 2.24) is 0 Å². The highest BCUT2D eigenvalue weighted by atomic mass is 32.3. The number of rotatable bonds is 5. The van der Waals surface area contributed by atoms with Crippen LogP contribution in [-0.4, -0.2) is 28.8 Å². The summed E-state index contributed by atoms with van der Waals surface area (Å²) < 4.78 is 60.7. The fourth-order valence-corrected chi connectivity index (χ4v) is 3.69. The van der Waals surface area contributed by atoms with E-state index in [1.165, 1.54) is 19.2 Å². The molecule has 0 unspecified atom stereocenters. The number of nitro benzene ring substituents is 1. The maximum absolute atomic E-state index is 13.0. The second-order valence-corrected chi connectivity index (χ2v) is 7.98. The molecule has 0 aliphatic carbocycles. The van der Waals surface area contributed by atoms with Crippen LogP contribution in [-0.2, 0) is 20.2 Å². The molecular weight excluding hydrogens is 363 g/mol. The summed E-state index contributed by atoms with van der Waals surface area (Å²) in [4.78, 5) is 8.78. The van der Waals surface area contributed by atoms with E-state index in [9.17, 15) is 30.8 Å². The molecule has 0 bridgehead atoms. The molecule has 2 rings (SSSR count). The quantitative estimate of drug-likeness (QED) is 0.450. The van der Waals surface area contributed by atoms with E-state index in [4.69, 9.17) is 0 Å². The number of non-ortho nitro benzene ring substituents is 1. The van der Waals surface area contributed by atoms with Gasteiger partial charge in [0.25, 0.3) is 15.7 Å². The first kappa shape index (κ1) is 17.8. The predicted molar refractivity (Wildman–Crippen MR) is 83.4 cm³/mol. The zero-order valence-corrected chi connectivity index (χ0v) is 13.8. The first-order valence-electron chi connectivity index (χ1n) is 6.31. The van der Waals surface area contributed by atoms with E-state index >= 15 is 0 Å². The Labute approximate surface area is 137 Å². The van der Waals surface area contributed by atoms with E-state index in [0.717, 1.165) is 34.6 Å². The minimum Gasteiger partial charge on any atom is -0.269 e. The molecule has 0 saturated heterocycles. The van der Waals surface area contributed by atoms with E-state index < -0.39 is 35.0 Å². The number of anilines is 1. The minimum atomic E-state index is -5.05. The van der Waals surface area contributed by atoms with Crippen LogP contribution in [0.15, 0.2) is 58.3 Å². The van der Waals surface area contributed by atoms with Gasteiger partial charge in [0.2, 0.25) is 0 Å². The fourth-order valence-electron chi connectivity index (χ4n) is 1.87. The Kier molecular flexibility index (Phi) is 4.58. The Balaban J connectivity index is 2.44. The number of hydrogen-bond donors (Lipinski definition) is 0. The van der Waals surface area contributed by atoms with Crippen molar-refractivity contribution >= 4 is 31.6 Å². The summed E-state index contributed by atoms with van der Waals surface area (Å²) in [5.41, 5.74) is -0.0934. The average Bonchev–Trinajstić information content (AvgIpc) is 2.53. The fraction of sp³-hybridized carbons (Fsp3) is 0.0769. The van der Waals surface area contributed by atoms with Crippen molar-refractivity contribution in [3.8, 4) is 0 Å². The van der Waals surface area contributed by atoms with E-state index in [-0.39, 0.29) is 11.4 Å². The molecule has 2 aromatic rings. The number of nitrogens with zero attached hydrogens (tertiary/aromatic N) is 2. The van der Waals surface area contributed by atoms with Crippen molar-refractivity contribution in [1.29, 1.82) is 0 Å². The second kappa shape index (κ2) is 6.17. The summed E-state index contributed by atoms with van der Waals surface area (Å²) >= 11 is 0. The molecular formula is C13H11FN2O6S2. The molecule has 128 valence electrons. The zero-order valence-electron chi connectivity index (χ0n) is 12.2. The first-order valence-corrected chi connectivity index (χ1v) is 9.14. The molecule has 0 radical (unpaired) electrons. The second-order valence-electron chi connectivity index (χ2n) is 4.66. The van der Waals surface area contributed by atoms with Gasteiger partial charge in [-0.3, -0.25) is 14.4 Å². The molecule has 0 N–H and O–H groups in total. The van der Waals surface area contributed by atoms with E-state index in [1.807, 2.05) is 0 Å². The van der Waals surface area contributed by atoms with Gasteiger partial charge in [-0.05, 0) is 30.3 Å². The molecule has 2 aromatic carbocycles. The molecule has 0 aromatic heterocycles. The molecule has 0 fully saturated rings. The van der Waals surface area contributed by atoms with Gasteiger partial charge in [-0.1, -0.05) is 6.07 Å². The number of benzene rings is 2. The van der Waals surface area contributed by atoms with Gasteiger partial charge in [-0.25, -0.2) is 8.42 Å². The minimum absolute atomic E-state index is 0.120. The highest BCUT2D eigenvalue weighted by Gasteiger charge is 2.24. The molecule has 24 heavy (non-hydrogen) atoms. The molecule has 0 saturated carbocycles. The standard InChI is InChI=1S/C13H11FN2O6S2/c1-15(10-5-7-11(8-6-10)16(17)18)24(21,22)13-4-2-3-12(9-13)23(14,19)20/h2-9H,1H3. The number of halogens is 1. The Morgan fingerprint density at radius 3 is 2.04 bits per heavy atom. The third kappa shape index (κ3) is 3.51. The van der Waals surface area contributed by atoms with Crippen LogP contribution in [0.5, 0.6) is 0 Å². The van der Waals surface area contributed by atoms with Gasteiger partial charge in [0.1, 0.15) is 0 Å². The summed E-state index contributed by atoms with van der Waals surface area (Å²) in [5, 5.41) is 10.6. The van der Waals surface area contributed by atoms with Gasteiger partial charge in [-0.2, -0.15) is 8.42 Å². The predicted octanol–water partition coefficient (Wildman–Crippen LogP) is 2.08. The monoisotopic (exact) mass is 374 g/mol. The number of hydrogen-bond acceptors (Lipinski definition) is 6. The van der Waals surface area contributed by atoms with Crippen LogP contribution in [0, 0.1) is 10.1 Å². The molecule has 11 heteroatoms. The smallest absolute Gasteiger partial charge is 0.269 e. The van der Waals surface area contributed by atoms with Gasteiger partial charge in [0.05, 0.1) is 20.4 Å². The molecule has 8 nitrogen and oxygen atoms in total. The van der Waals surface area contributed by atoms with Crippen molar-refractivity contribution in [3.63, 3.8) is 0 Å². The van der Waals surface area contributed by atoms with Gasteiger partial charge in [0.15, 0.2) is 0 Å². The van der Waals surface area contributed by atoms with Crippen molar-refractivity contribution in [2.24, 2.45) is 0 Å². The van der Waals surface area contributed by atoms with Crippen molar-refractivity contribution in [3.05, 3.63) is 58.6 Å². The topological polar surface area (TPSA) is 115 Å². The summed E-state index contributed by atoms with van der Waals surface area (Å²) in [6, 6.07) is 8.56. The Morgan fingerprint density at radius 2 is 1.54 bits per heavy atom. The van der Waals surface area contributed by atoms with Crippen molar-refractivity contribution < 1.29 is 25.6 Å². The largest absolute Gasteiger partial charge is 0.332 e. The van der Waals surface area contributed by atoms with Crippen LogP contribution in [0.1, 0.15) is 0 Å². The molecule has 0 spiro atoms. The number of sulfonamides is 1. The Bertz CT molecular complexity index is 987. The van der Waals surface area contributed by atoms with Gasteiger partial charge in [0, 0.05) is 19.2 Å². The van der Waals surface area contributed by atoms with Gasteiger partial charge < -0.3 is 0 Å². The lowest BCUT2D eigenvalue weighted by Gasteiger charge is -2.19. The van der Waals surface area contributed by atoms with Gasteiger partial charge in [-0.15, -0.1) is 3.89 Å². The summed E-state index contributed by atoms with van der Waals surface area (Å²) in [5.74, 6) is 0. The van der Waals surface area contributed by atoms with Crippen LogP contribution in [0.25, 0.3) is 0 Å². The first-order chi connectivity index (χ1) is 11.0. The third-order valence-electron chi connectivity index (χ3n) is 3.17. The Morgan fingerprint density at radius 1 is 1.00 bits per heavy atom. The lowest BCUT2D eigenvalue weighted by atomic mass is 10.3. The zero-order chi connectivity index (χ0) is 18.1. The molecule has 0 aliphatic rings. The summed E-state index contributed by atoms with van der Waals surface area (Å²) in [7, 11) is -8.04. The third-order valence-corrected chi connectivity index (χ3v) is 5.77. The van der Waals surface area contributed by atoms with E-state index in [1.54, 1.807) is 0 Å². The van der Waals surface area contributed by atoms with Crippen LogP contribution < -0.4 is 4.31 Å². The van der Waals surface area contributed by atoms with Crippen LogP contribution in [0.4, 0.5) is 15.3 Å². The molecule has 0 amide bonds. The summed E-state index contributed by atoms with van der Waals surface area (Å²) in [6.07, 6.45) is 0. The summed E-state index contributed by atoms with van der Waals surface area (Å²) in [6.45, 7) is 0.